The monoisotopic (exact) mass is 402 g/mol. The van der Waals surface area contributed by atoms with Crippen LogP contribution in [-0.4, -0.2) is 60.1 Å². The van der Waals surface area contributed by atoms with E-state index in [-0.39, 0.29) is 17.6 Å². The Morgan fingerprint density at radius 1 is 1.07 bits per heavy atom. The SMILES string of the molecule is COC(=O)C(c1ccc(Cl)cc1)N1CCN(C(=O)c2cc(C)ccc2O)CC1. The normalized spacial score (nSPS) is 15.9. The molecule has 1 saturated heterocycles. The number of carbonyl (C=O) groups excluding carboxylic acids is 2. The lowest BCUT2D eigenvalue weighted by Crippen LogP contribution is -2.51. The molecule has 2 aromatic rings. The summed E-state index contributed by atoms with van der Waals surface area (Å²) in [7, 11) is 1.37. The van der Waals surface area contributed by atoms with Crippen molar-refractivity contribution in [3.8, 4) is 5.75 Å². The Hall–Kier alpha value is -2.57. The molecule has 6 nitrogen and oxygen atoms in total. The molecule has 0 aliphatic carbocycles. The molecule has 7 heteroatoms. The third kappa shape index (κ3) is 4.29. The number of ether oxygens (including phenoxy) is 1. The van der Waals surface area contributed by atoms with Gasteiger partial charge in [0.25, 0.3) is 5.91 Å². The van der Waals surface area contributed by atoms with E-state index in [1.165, 1.54) is 13.2 Å². The van der Waals surface area contributed by atoms with E-state index in [1.54, 1.807) is 29.2 Å². The van der Waals surface area contributed by atoms with Crippen LogP contribution < -0.4 is 0 Å². The number of hydrogen-bond donors (Lipinski definition) is 1. The van der Waals surface area contributed by atoms with Crippen LogP contribution in [0.15, 0.2) is 42.5 Å². The van der Waals surface area contributed by atoms with Gasteiger partial charge in [0, 0.05) is 31.2 Å². The molecule has 1 heterocycles. The molecular formula is C21H23ClN2O4. The summed E-state index contributed by atoms with van der Waals surface area (Å²) < 4.78 is 5.00. The van der Waals surface area contributed by atoms with E-state index in [0.29, 0.717) is 36.8 Å². The number of phenolic OH excluding ortho intramolecular Hbond substituents is 1. The van der Waals surface area contributed by atoms with Crippen molar-refractivity contribution in [1.82, 2.24) is 9.80 Å². The predicted octanol–water partition coefficient (Wildman–Crippen LogP) is 3.03. The number of aromatic hydroxyl groups is 1. The Labute approximate surface area is 169 Å². The standard InChI is InChI=1S/C21H23ClN2O4/c1-14-3-8-18(25)17(13-14)20(26)24-11-9-23(10-12-24)19(21(27)28-2)15-4-6-16(22)7-5-15/h3-8,13,19,25H,9-12H2,1-2H3. The largest absolute Gasteiger partial charge is 0.507 e. The maximum atomic E-state index is 12.8. The lowest BCUT2D eigenvalue weighted by Gasteiger charge is -2.38. The minimum absolute atomic E-state index is 0.0216. The molecule has 3 rings (SSSR count). The second kappa shape index (κ2) is 8.63. The van der Waals surface area contributed by atoms with Crippen LogP contribution in [0, 0.1) is 6.92 Å². The zero-order valence-corrected chi connectivity index (χ0v) is 16.6. The number of piperazine rings is 1. The van der Waals surface area contributed by atoms with E-state index < -0.39 is 6.04 Å². The summed E-state index contributed by atoms with van der Waals surface area (Å²) in [5, 5.41) is 10.6. The van der Waals surface area contributed by atoms with E-state index in [9.17, 15) is 14.7 Å². The van der Waals surface area contributed by atoms with Gasteiger partial charge in [-0.3, -0.25) is 9.69 Å². The van der Waals surface area contributed by atoms with Gasteiger partial charge in [0.15, 0.2) is 0 Å². The lowest BCUT2D eigenvalue weighted by molar-refractivity contribution is -0.148. The number of hydrogen-bond acceptors (Lipinski definition) is 5. The summed E-state index contributed by atoms with van der Waals surface area (Å²) in [4.78, 5) is 28.9. The number of phenols is 1. The Morgan fingerprint density at radius 3 is 2.32 bits per heavy atom. The Bertz CT molecular complexity index is 861. The molecule has 148 valence electrons. The van der Waals surface area contributed by atoms with Crippen LogP contribution >= 0.6 is 11.6 Å². The third-order valence-corrected chi connectivity index (χ3v) is 5.21. The summed E-state index contributed by atoms with van der Waals surface area (Å²) in [6.45, 7) is 3.81. The number of carbonyl (C=O) groups is 2. The van der Waals surface area contributed by atoms with Gasteiger partial charge in [0.1, 0.15) is 11.8 Å². The minimum atomic E-state index is -0.549. The minimum Gasteiger partial charge on any atom is -0.507 e. The van der Waals surface area contributed by atoms with Crippen LogP contribution in [-0.2, 0) is 9.53 Å². The van der Waals surface area contributed by atoms with Gasteiger partial charge >= 0.3 is 5.97 Å². The predicted molar refractivity (Wildman–Crippen MR) is 107 cm³/mol. The molecule has 1 aliphatic rings. The zero-order chi connectivity index (χ0) is 20.3. The number of aryl methyl sites for hydroxylation is 1. The first kappa shape index (κ1) is 20.2. The quantitative estimate of drug-likeness (QED) is 0.796. The third-order valence-electron chi connectivity index (χ3n) is 4.96. The van der Waals surface area contributed by atoms with Crippen LogP contribution in [0.4, 0.5) is 0 Å². The first-order valence-electron chi connectivity index (χ1n) is 9.07. The molecule has 1 unspecified atom stereocenters. The number of amides is 1. The van der Waals surface area contributed by atoms with Gasteiger partial charge in [0.2, 0.25) is 0 Å². The maximum absolute atomic E-state index is 12.8. The second-order valence-corrected chi connectivity index (χ2v) is 7.26. The highest BCUT2D eigenvalue weighted by molar-refractivity contribution is 6.30. The van der Waals surface area contributed by atoms with Gasteiger partial charge in [-0.2, -0.15) is 0 Å². The molecule has 0 radical (unpaired) electrons. The van der Waals surface area contributed by atoms with Crippen molar-refractivity contribution in [1.29, 1.82) is 0 Å². The molecular weight excluding hydrogens is 380 g/mol. The highest BCUT2D eigenvalue weighted by Gasteiger charge is 2.33. The molecule has 1 atom stereocenters. The molecule has 1 N–H and O–H groups in total. The number of benzene rings is 2. The molecule has 2 aromatic carbocycles. The van der Waals surface area contributed by atoms with Gasteiger partial charge in [-0.1, -0.05) is 35.4 Å². The fraction of sp³-hybridized carbons (Fsp3) is 0.333. The van der Waals surface area contributed by atoms with Crippen molar-refractivity contribution >= 4 is 23.5 Å². The van der Waals surface area contributed by atoms with Gasteiger partial charge in [0.05, 0.1) is 12.7 Å². The van der Waals surface area contributed by atoms with Crippen LogP contribution in [0.5, 0.6) is 5.75 Å². The highest BCUT2D eigenvalue weighted by atomic mass is 35.5. The zero-order valence-electron chi connectivity index (χ0n) is 15.9. The highest BCUT2D eigenvalue weighted by Crippen LogP contribution is 2.26. The molecule has 0 saturated carbocycles. The Balaban J connectivity index is 1.73. The van der Waals surface area contributed by atoms with Crippen LogP contribution in [0.3, 0.4) is 0 Å². The second-order valence-electron chi connectivity index (χ2n) is 6.83. The maximum Gasteiger partial charge on any atom is 0.327 e. The van der Waals surface area contributed by atoms with Crippen molar-refractivity contribution in [2.45, 2.75) is 13.0 Å². The molecule has 1 fully saturated rings. The van der Waals surface area contributed by atoms with Gasteiger partial charge in [-0.25, -0.2) is 4.79 Å². The van der Waals surface area contributed by atoms with Gasteiger partial charge in [-0.05, 0) is 36.8 Å². The van der Waals surface area contributed by atoms with Crippen LogP contribution in [0.1, 0.15) is 27.5 Å². The number of rotatable bonds is 4. The molecule has 1 amide bonds. The van der Waals surface area contributed by atoms with Crippen molar-refractivity contribution in [3.63, 3.8) is 0 Å². The average molecular weight is 403 g/mol. The smallest absolute Gasteiger partial charge is 0.327 e. The summed E-state index contributed by atoms with van der Waals surface area (Å²) in [5.41, 5.74) is 2.01. The van der Waals surface area contributed by atoms with Crippen molar-refractivity contribution in [3.05, 3.63) is 64.2 Å². The van der Waals surface area contributed by atoms with Crippen LogP contribution in [0.25, 0.3) is 0 Å². The number of methoxy groups -OCH3 is 1. The molecule has 0 spiro atoms. The van der Waals surface area contributed by atoms with Crippen molar-refractivity contribution < 1.29 is 19.4 Å². The first-order chi connectivity index (χ1) is 13.4. The Kier molecular flexibility index (Phi) is 6.21. The first-order valence-corrected chi connectivity index (χ1v) is 9.44. The van der Waals surface area contributed by atoms with E-state index in [0.717, 1.165) is 11.1 Å². The molecule has 0 bridgehead atoms. The van der Waals surface area contributed by atoms with Crippen molar-refractivity contribution in [2.24, 2.45) is 0 Å². The number of halogens is 1. The Morgan fingerprint density at radius 2 is 1.71 bits per heavy atom. The summed E-state index contributed by atoms with van der Waals surface area (Å²) >= 11 is 5.96. The topological polar surface area (TPSA) is 70.1 Å². The van der Waals surface area contributed by atoms with Gasteiger partial charge < -0.3 is 14.7 Å². The summed E-state index contributed by atoms with van der Waals surface area (Å²) in [6.07, 6.45) is 0. The molecule has 28 heavy (non-hydrogen) atoms. The lowest BCUT2D eigenvalue weighted by atomic mass is 10.0. The molecule has 0 aromatic heterocycles. The van der Waals surface area contributed by atoms with E-state index in [4.69, 9.17) is 16.3 Å². The fourth-order valence-electron chi connectivity index (χ4n) is 3.43. The molecule has 1 aliphatic heterocycles. The van der Waals surface area contributed by atoms with Crippen LogP contribution in [0.2, 0.25) is 5.02 Å². The van der Waals surface area contributed by atoms with Gasteiger partial charge in [-0.15, -0.1) is 0 Å². The van der Waals surface area contributed by atoms with E-state index in [1.807, 2.05) is 24.0 Å². The average Bonchev–Trinajstić information content (AvgIpc) is 2.71. The number of nitrogens with zero attached hydrogens (tertiary/aromatic N) is 2. The summed E-state index contributed by atoms with van der Waals surface area (Å²) in [5.74, 6) is -0.577. The van der Waals surface area contributed by atoms with E-state index >= 15 is 0 Å². The number of esters is 1. The summed E-state index contributed by atoms with van der Waals surface area (Å²) in [6, 6.07) is 11.5. The fourth-order valence-corrected chi connectivity index (χ4v) is 3.55. The van der Waals surface area contributed by atoms with Crippen molar-refractivity contribution in [2.75, 3.05) is 33.3 Å². The van der Waals surface area contributed by atoms with E-state index in [2.05, 4.69) is 0 Å².